The molecule has 0 spiro atoms. The van der Waals surface area contributed by atoms with Crippen LogP contribution >= 0.6 is 34.8 Å². The Bertz CT molecular complexity index is 793. The monoisotopic (exact) mass is 324 g/mol. The van der Waals surface area contributed by atoms with Crippen LogP contribution in [0.3, 0.4) is 0 Å². The molecule has 5 heteroatoms. The largest absolute Gasteiger partial charge is 0.299 e. The third-order valence-corrected chi connectivity index (χ3v) is 4.25. The third kappa shape index (κ3) is 2.18. The van der Waals surface area contributed by atoms with E-state index in [-0.39, 0.29) is 0 Å². The molecule has 2 nitrogen and oxygen atoms in total. The molecule has 0 atom stereocenters. The van der Waals surface area contributed by atoms with Crippen molar-refractivity contribution in [2.24, 2.45) is 0 Å². The molecule has 0 bridgehead atoms. The Labute approximate surface area is 131 Å². The summed E-state index contributed by atoms with van der Waals surface area (Å²) in [5.74, 6) is 0.377. The molecule has 0 radical (unpaired) electrons. The Hall–Kier alpha value is -1.22. The van der Waals surface area contributed by atoms with E-state index in [0.29, 0.717) is 15.9 Å². The Morgan fingerprint density at radius 3 is 2.60 bits per heavy atom. The Morgan fingerprint density at radius 1 is 1.10 bits per heavy atom. The van der Waals surface area contributed by atoms with Gasteiger partial charge in [0, 0.05) is 11.3 Å². The summed E-state index contributed by atoms with van der Waals surface area (Å²) in [6, 6.07) is 11.5. The molecule has 3 aromatic rings. The number of imidazole rings is 1. The van der Waals surface area contributed by atoms with Gasteiger partial charge in [-0.1, -0.05) is 35.3 Å². The van der Waals surface area contributed by atoms with Crippen molar-refractivity contribution >= 4 is 40.4 Å². The van der Waals surface area contributed by atoms with Gasteiger partial charge in [0.15, 0.2) is 0 Å². The third-order valence-electron chi connectivity index (χ3n) is 3.25. The van der Waals surface area contributed by atoms with Crippen molar-refractivity contribution in [2.75, 3.05) is 0 Å². The molecule has 0 N–H and O–H groups in total. The zero-order chi connectivity index (χ0) is 14.3. The molecule has 0 aliphatic carbocycles. The molecule has 2 aromatic heterocycles. The molecule has 1 aromatic carbocycles. The summed E-state index contributed by atoms with van der Waals surface area (Å²) in [6.45, 7) is 2.03. The second kappa shape index (κ2) is 5.28. The topological polar surface area (TPSA) is 17.3 Å². The molecule has 3 rings (SSSR count). The first-order valence-corrected chi connectivity index (χ1v) is 7.39. The number of nitrogens with zero attached hydrogens (tertiary/aromatic N) is 2. The predicted octanol–water partition coefficient (Wildman–Crippen LogP) is 5.36. The highest BCUT2D eigenvalue weighted by Gasteiger charge is 2.15. The van der Waals surface area contributed by atoms with Crippen molar-refractivity contribution in [2.45, 2.75) is 12.8 Å². The number of fused-ring (bicyclic) bond motifs is 1. The van der Waals surface area contributed by atoms with Crippen LogP contribution < -0.4 is 0 Å². The summed E-state index contributed by atoms with van der Waals surface area (Å²) in [5, 5.41) is 1.04. The lowest BCUT2D eigenvalue weighted by Gasteiger charge is -2.05. The van der Waals surface area contributed by atoms with Crippen LogP contribution in [0.1, 0.15) is 11.4 Å². The maximum Gasteiger partial charge on any atom is 0.137 e. The first-order valence-electron chi connectivity index (χ1n) is 6.10. The number of aromatic nitrogens is 2. The van der Waals surface area contributed by atoms with E-state index in [9.17, 15) is 0 Å². The van der Waals surface area contributed by atoms with Gasteiger partial charge in [-0.3, -0.25) is 4.40 Å². The maximum absolute atomic E-state index is 6.13. The summed E-state index contributed by atoms with van der Waals surface area (Å²) < 4.78 is 2.06. The van der Waals surface area contributed by atoms with Crippen molar-refractivity contribution < 1.29 is 0 Å². The van der Waals surface area contributed by atoms with Crippen LogP contribution in [0.25, 0.3) is 16.9 Å². The van der Waals surface area contributed by atoms with E-state index in [1.165, 1.54) is 0 Å². The average Bonchev–Trinajstić information content (AvgIpc) is 2.82. The van der Waals surface area contributed by atoms with Crippen LogP contribution in [-0.4, -0.2) is 9.38 Å². The molecular weight excluding hydrogens is 315 g/mol. The highest BCUT2D eigenvalue weighted by Crippen LogP contribution is 2.31. The number of pyridine rings is 1. The second-order valence-corrected chi connectivity index (χ2v) is 5.61. The molecule has 0 aliphatic rings. The molecule has 102 valence electrons. The van der Waals surface area contributed by atoms with Crippen LogP contribution in [0, 0.1) is 6.92 Å². The number of rotatable bonds is 2. The lowest BCUT2D eigenvalue weighted by atomic mass is 10.1. The van der Waals surface area contributed by atoms with Gasteiger partial charge in [-0.2, -0.15) is 0 Å². The lowest BCUT2D eigenvalue weighted by molar-refractivity contribution is 1.03. The number of hydrogen-bond donors (Lipinski definition) is 0. The van der Waals surface area contributed by atoms with Gasteiger partial charge in [0.2, 0.25) is 0 Å². The first-order chi connectivity index (χ1) is 9.61. The van der Waals surface area contributed by atoms with Gasteiger partial charge in [-0.25, -0.2) is 4.98 Å². The van der Waals surface area contributed by atoms with E-state index in [1.807, 2.05) is 37.3 Å². The SMILES string of the molecule is Cc1cccc2nc(-c3ccc(Cl)c(Cl)c3)c(CCl)n12. The fraction of sp³-hybridized carbons (Fsp3) is 0.133. The number of aryl methyl sites for hydroxylation is 1. The molecule has 0 saturated carbocycles. The maximum atomic E-state index is 6.13. The Morgan fingerprint density at radius 2 is 1.90 bits per heavy atom. The van der Waals surface area contributed by atoms with E-state index in [0.717, 1.165) is 28.3 Å². The summed E-state index contributed by atoms with van der Waals surface area (Å²) in [6.07, 6.45) is 0. The van der Waals surface area contributed by atoms with Crippen LogP contribution in [0.4, 0.5) is 0 Å². The van der Waals surface area contributed by atoms with E-state index in [1.54, 1.807) is 6.07 Å². The van der Waals surface area contributed by atoms with Crippen molar-refractivity contribution in [1.82, 2.24) is 9.38 Å². The predicted molar refractivity (Wildman–Crippen MR) is 84.9 cm³/mol. The summed E-state index contributed by atoms with van der Waals surface area (Å²) in [5.41, 5.74) is 4.68. The van der Waals surface area contributed by atoms with Crippen LogP contribution in [0.15, 0.2) is 36.4 Å². The second-order valence-electron chi connectivity index (χ2n) is 4.53. The minimum Gasteiger partial charge on any atom is -0.299 e. The molecule has 2 heterocycles. The number of halogens is 3. The van der Waals surface area contributed by atoms with E-state index < -0.39 is 0 Å². The fourth-order valence-corrected chi connectivity index (χ4v) is 2.87. The minimum atomic E-state index is 0.377. The Kier molecular flexibility index (Phi) is 3.63. The lowest BCUT2D eigenvalue weighted by Crippen LogP contribution is -1.95. The zero-order valence-electron chi connectivity index (χ0n) is 10.7. The average molecular weight is 326 g/mol. The summed E-state index contributed by atoms with van der Waals surface area (Å²) >= 11 is 18.2. The normalized spacial score (nSPS) is 11.2. The molecule has 0 saturated heterocycles. The zero-order valence-corrected chi connectivity index (χ0v) is 13.0. The molecule has 0 aliphatic heterocycles. The molecule has 20 heavy (non-hydrogen) atoms. The molecule has 0 unspecified atom stereocenters. The van der Waals surface area contributed by atoms with Crippen molar-refractivity contribution in [1.29, 1.82) is 0 Å². The number of alkyl halides is 1. The standard InChI is InChI=1S/C15H11Cl3N2/c1-9-3-2-4-14-19-15(13(8-16)20(9)14)10-5-6-11(17)12(18)7-10/h2-7H,8H2,1H3. The van der Waals surface area contributed by atoms with E-state index in [4.69, 9.17) is 34.8 Å². The Balaban J connectivity index is 2.30. The highest BCUT2D eigenvalue weighted by atomic mass is 35.5. The highest BCUT2D eigenvalue weighted by molar-refractivity contribution is 6.42. The van der Waals surface area contributed by atoms with Gasteiger partial charge >= 0.3 is 0 Å². The smallest absolute Gasteiger partial charge is 0.137 e. The van der Waals surface area contributed by atoms with Crippen molar-refractivity contribution in [3.8, 4) is 11.3 Å². The van der Waals surface area contributed by atoms with Gasteiger partial charge in [-0.05, 0) is 31.2 Å². The van der Waals surface area contributed by atoms with Gasteiger partial charge < -0.3 is 0 Å². The van der Waals surface area contributed by atoms with Gasteiger partial charge in [0.05, 0.1) is 27.3 Å². The van der Waals surface area contributed by atoms with Crippen LogP contribution in [0.2, 0.25) is 10.0 Å². The molecule has 0 amide bonds. The van der Waals surface area contributed by atoms with E-state index in [2.05, 4.69) is 9.38 Å². The number of benzene rings is 1. The van der Waals surface area contributed by atoms with Crippen LogP contribution in [0.5, 0.6) is 0 Å². The minimum absolute atomic E-state index is 0.377. The fourth-order valence-electron chi connectivity index (χ4n) is 2.32. The van der Waals surface area contributed by atoms with E-state index >= 15 is 0 Å². The quantitative estimate of drug-likeness (QED) is 0.580. The van der Waals surface area contributed by atoms with Gasteiger partial charge in [0.25, 0.3) is 0 Å². The molecule has 0 fully saturated rings. The summed E-state index contributed by atoms with van der Waals surface area (Å²) in [4.78, 5) is 4.66. The van der Waals surface area contributed by atoms with Gasteiger partial charge in [0.1, 0.15) is 5.65 Å². The molecular formula is C15H11Cl3N2. The summed E-state index contributed by atoms with van der Waals surface area (Å²) in [7, 11) is 0. The van der Waals surface area contributed by atoms with Crippen molar-refractivity contribution in [3.63, 3.8) is 0 Å². The number of hydrogen-bond acceptors (Lipinski definition) is 1. The first kappa shape index (κ1) is 13.7. The van der Waals surface area contributed by atoms with Gasteiger partial charge in [-0.15, -0.1) is 11.6 Å². The van der Waals surface area contributed by atoms with Crippen LogP contribution in [-0.2, 0) is 5.88 Å². The van der Waals surface area contributed by atoms with Crippen molar-refractivity contribution in [3.05, 3.63) is 57.8 Å².